The van der Waals surface area contributed by atoms with E-state index in [0.29, 0.717) is 12.1 Å². The van der Waals surface area contributed by atoms with Crippen LogP contribution in [0.3, 0.4) is 0 Å². The zero-order valence-electron chi connectivity index (χ0n) is 12.3. The average molecular weight is 297 g/mol. The molecule has 4 nitrogen and oxygen atoms in total. The van der Waals surface area contributed by atoms with Crippen LogP contribution in [-0.2, 0) is 4.79 Å². The highest BCUT2D eigenvalue weighted by Gasteiger charge is 2.20. The second-order valence-electron chi connectivity index (χ2n) is 5.11. The molecule has 0 aliphatic rings. The maximum Gasteiger partial charge on any atom is 0.303 e. The monoisotopic (exact) mass is 297 g/mol. The molecular formula is C18H19NO3. The van der Waals surface area contributed by atoms with Gasteiger partial charge in [-0.25, -0.2) is 0 Å². The minimum atomic E-state index is -0.906. The van der Waals surface area contributed by atoms with Crippen LogP contribution in [-0.4, -0.2) is 29.4 Å². The van der Waals surface area contributed by atoms with Crippen LogP contribution in [0.4, 0.5) is 0 Å². The number of Topliss-reactive ketones (excluding diaryl/α,β-unsaturated/α-hetero) is 1. The number of carbonyl (C=O) groups excluding carboxylic acids is 1. The van der Waals surface area contributed by atoms with E-state index in [2.05, 4.69) is 11.9 Å². The fourth-order valence-corrected chi connectivity index (χ4v) is 2.36. The summed E-state index contributed by atoms with van der Waals surface area (Å²) in [6, 6.07) is 12.8. The molecule has 0 radical (unpaired) electrons. The first-order chi connectivity index (χ1) is 10.6. The zero-order chi connectivity index (χ0) is 15.9. The molecule has 0 saturated carbocycles. The van der Waals surface area contributed by atoms with Gasteiger partial charge in [0.25, 0.3) is 0 Å². The summed E-state index contributed by atoms with van der Waals surface area (Å²) in [5.74, 6) is -0.995. The molecule has 0 amide bonds. The molecule has 2 aromatic carbocycles. The average Bonchev–Trinajstić information content (AvgIpc) is 2.53. The number of carbonyl (C=O) groups is 2. The van der Waals surface area contributed by atoms with Gasteiger partial charge in [-0.1, -0.05) is 42.5 Å². The maximum absolute atomic E-state index is 12.6. The van der Waals surface area contributed by atoms with Crippen molar-refractivity contribution in [2.75, 3.05) is 6.54 Å². The maximum atomic E-state index is 12.6. The lowest BCUT2D eigenvalue weighted by Crippen LogP contribution is -2.37. The van der Waals surface area contributed by atoms with Gasteiger partial charge in [-0.05, 0) is 23.3 Å². The first-order valence-electron chi connectivity index (χ1n) is 7.21. The number of ketones is 1. The second kappa shape index (κ2) is 7.52. The molecule has 2 rings (SSSR count). The lowest BCUT2D eigenvalue weighted by molar-refractivity contribution is -0.137. The van der Waals surface area contributed by atoms with E-state index in [4.69, 9.17) is 5.11 Å². The summed E-state index contributed by atoms with van der Waals surface area (Å²) in [7, 11) is 0. The number of carboxylic acids is 1. The smallest absolute Gasteiger partial charge is 0.303 e. The molecule has 0 fully saturated rings. The highest BCUT2D eigenvalue weighted by Crippen LogP contribution is 2.17. The van der Waals surface area contributed by atoms with E-state index in [0.717, 1.165) is 10.8 Å². The molecule has 0 aliphatic carbocycles. The van der Waals surface area contributed by atoms with Crippen molar-refractivity contribution < 1.29 is 14.7 Å². The Morgan fingerprint density at radius 2 is 1.91 bits per heavy atom. The third-order valence-electron chi connectivity index (χ3n) is 3.51. The Kier molecular flexibility index (Phi) is 5.44. The molecule has 0 saturated heterocycles. The topological polar surface area (TPSA) is 66.4 Å². The number of aliphatic carboxylic acids is 1. The van der Waals surface area contributed by atoms with E-state index in [-0.39, 0.29) is 18.6 Å². The first kappa shape index (κ1) is 15.9. The van der Waals surface area contributed by atoms with Crippen LogP contribution < -0.4 is 5.32 Å². The van der Waals surface area contributed by atoms with E-state index in [1.54, 1.807) is 12.1 Å². The van der Waals surface area contributed by atoms with Crippen LogP contribution in [0.15, 0.2) is 55.1 Å². The van der Waals surface area contributed by atoms with E-state index in [1.165, 1.54) is 0 Å². The van der Waals surface area contributed by atoms with E-state index in [9.17, 15) is 9.59 Å². The zero-order valence-corrected chi connectivity index (χ0v) is 12.3. The number of nitrogens with one attached hydrogen (secondary N) is 1. The summed E-state index contributed by atoms with van der Waals surface area (Å²) in [6.07, 6.45) is 1.87. The summed E-state index contributed by atoms with van der Waals surface area (Å²) in [5, 5.41) is 13.9. The first-order valence-corrected chi connectivity index (χ1v) is 7.21. The van der Waals surface area contributed by atoms with Crippen molar-refractivity contribution in [2.24, 2.45) is 0 Å². The Bertz CT molecular complexity index is 694. The number of benzene rings is 2. The largest absolute Gasteiger partial charge is 0.481 e. The Labute approximate surface area is 129 Å². The number of hydrogen-bond donors (Lipinski definition) is 2. The Morgan fingerprint density at radius 1 is 1.18 bits per heavy atom. The molecule has 2 aromatic rings. The number of carboxylic acid groups (broad SMARTS) is 1. The predicted molar refractivity (Wildman–Crippen MR) is 87.1 cm³/mol. The van der Waals surface area contributed by atoms with Gasteiger partial charge in [0.2, 0.25) is 0 Å². The fourth-order valence-electron chi connectivity index (χ4n) is 2.36. The number of hydrogen-bond acceptors (Lipinski definition) is 3. The van der Waals surface area contributed by atoms with Crippen LogP contribution in [0, 0.1) is 0 Å². The van der Waals surface area contributed by atoms with Gasteiger partial charge in [0.1, 0.15) is 0 Å². The van der Waals surface area contributed by atoms with Crippen LogP contribution in [0.2, 0.25) is 0 Å². The molecule has 0 spiro atoms. The van der Waals surface area contributed by atoms with Crippen LogP contribution >= 0.6 is 0 Å². The van der Waals surface area contributed by atoms with Crippen LogP contribution in [0.5, 0.6) is 0 Å². The van der Waals surface area contributed by atoms with Gasteiger partial charge in [0, 0.05) is 18.5 Å². The molecule has 114 valence electrons. The van der Waals surface area contributed by atoms with Crippen LogP contribution in [0.25, 0.3) is 10.8 Å². The third kappa shape index (κ3) is 4.02. The van der Waals surface area contributed by atoms with Crippen molar-refractivity contribution in [3.8, 4) is 0 Å². The number of fused-ring (bicyclic) bond motifs is 1. The Morgan fingerprint density at radius 3 is 2.59 bits per heavy atom. The SMILES string of the molecule is C=CCNC(CCC(=O)O)C(=O)c1ccc2ccccc2c1. The normalized spacial score (nSPS) is 12.0. The fraction of sp³-hybridized carbons (Fsp3) is 0.222. The van der Waals surface area contributed by atoms with Gasteiger partial charge in [0.15, 0.2) is 5.78 Å². The second-order valence-corrected chi connectivity index (χ2v) is 5.11. The molecule has 0 bridgehead atoms. The molecule has 2 N–H and O–H groups in total. The van der Waals surface area contributed by atoms with Gasteiger partial charge in [-0.15, -0.1) is 6.58 Å². The summed E-state index contributed by atoms with van der Waals surface area (Å²) in [4.78, 5) is 23.4. The van der Waals surface area contributed by atoms with Gasteiger partial charge in [-0.2, -0.15) is 0 Å². The summed E-state index contributed by atoms with van der Waals surface area (Å²) >= 11 is 0. The molecular weight excluding hydrogens is 278 g/mol. The lowest BCUT2D eigenvalue weighted by Gasteiger charge is -2.16. The minimum Gasteiger partial charge on any atom is -0.481 e. The van der Waals surface area contributed by atoms with Gasteiger partial charge < -0.3 is 10.4 Å². The molecule has 0 heterocycles. The van der Waals surface area contributed by atoms with Gasteiger partial charge >= 0.3 is 5.97 Å². The molecule has 0 aromatic heterocycles. The van der Waals surface area contributed by atoms with Crippen molar-refractivity contribution in [3.63, 3.8) is 0 Å². The van der Waals surface area contributed by atoms with Gasteiger partial charge in [-0.3, -0.25) is 9.59 Å². The molecule has 1 unspecified atom stereocenters. The number of rotatable bonds is 8. The van der Waals surface area contributed by atoms with Crippen molar-refractivity contribution in [1.82, 2.24) is 5.32 Å². The summed E-state index contributed by atoms with van der Waals surface area (Å²) in [5.41, 5.74) is 0.589. The van der Waals surface area contributed by atoms with Crippen molar-refractivity contribution in [2.45, 2.75) is 18.9 Å². The van der Waals surface area contributed by atoms with Crippen molar-refractivity contribution in [3.05, 3.63) is 60.7 Å². The highest BCUT2D eigenvalue weighted by molar-refractivity contribution is 6.03. The quantitative estimate of drug-likeness (QED) is 0.580. The lowest BCUT2D eigenvalue weighted by atomic mass is 9.97. The Balaban J connectivity index is 2.22. The summed E-state index contributed by atoms with van der Waals surface area (Å²) < 4.78 is 0. The Hall–Kier alpha value is -2.46. The standard InChI is InChI=1S/C18H19NO3/c1-2-11-19-16(9-10-17(20)21)18(22)15-8-7-13-5-3-4-6-14(13)12-15/h2-8,12,16,19H,1,9-11H2,(H,20,21). The molecule has 1 atom stereocenters. The van der Waals surface area contributed by atoms with E-state index < -0.39 is 12.0 Å². The van der Waals surface area contributed by atoms with Gasteiger partial charge in [0.05, 0.1) is 6.04 Å². The predicted octanol–water partition coefficient (Wildman–Crippen LogP) is 3.03. The minimum absolute atomic E-state index is 0.0475. The summed E-state index contributed by atoms with van der Waals surface area (Å²) in [6.45, 7) is 4.07. The third-order valence-corrected chi connectivity index (χ3v) is 3.51. The van der Waals surface area contributed by atoms with Crippen LogP contribution in [0.1, 0.15) is 23.2 Å². The molecule has 4 heteroatoms. The van der Waals surface area contributed by atoms with E-state index in [1.807, 2.05) is 36.4 Å². The van der Waals surface area contributed by atoms with E-state index >= 15 is 0 Å². The highest BCUT2D eigenvalue weighted by atomic mass is 16.4. The van der Waals surface area contributed by atoms with Crippen molar-refractivity contribution >= 4 is 22.5 Å². The molecule has 22 heavy (non-hydrogen) atoms. The van der Waals surface area contributed by atoms with Crippen molar-refractivity contribution in [1.29, 1.82) is 0 Å². The molecule has 0 aliphatic heterocycles.